The summed E-state index contributed by atoms with van der Waals surface area (Å²) >= 11 is 0. The second kappa shape index (κ2) is 0.939. The van der Waals surface area contributed by atoms with Gasteiger partial charge >= 0.3 is 0 Å². The molecule has 2 atom stereocenters. The Morgan fingerprint density at radius 3 is 2.33 bits per heavy atom. The van der Waals surface area contributed by atoms with Crippen LogP contribution in [0.25, 0.3) is 0 Å². The first-order chi connectivity index (χ1) is 4.38. The largest absolute Gasteiger partial charge is 0.352 e. The number of nitrogens with one attached hydrogen (secondary N) is 1. The van der Waals surface area contributed by atoms with Gasteiger partial charge in [-0.1, -0.05) is 12.2 Å². The molecular weight excluding hydrogens is 114 g/mol. The van der Waals surface area contributed by atoms with Gasteiger partial charge in [-0.2, -0.15) is 0 Å². The Hall–Kier alpha value is -0.790. The second-order valence-corrected chi connectivity index (χ2v) is 3.10. The van der Waals surface area contributed by atoms with E-state index >= 15 is 0 Å². The molecule has 0 aromatic rings. The van der Waals surface area contributed by atoms with Crippen molar-refractivity contribution in [3.05, 3.63) is 12.2 Å². The number of rotatable bonds is 0. The minimum Gasteiger partial charge on any atom is -0.352 e. The molecule has 0 aromatic heterocycles. The molecule has 0 spiro atoms. The van der Waals surface area contributed by atoms with Crippen LogP contribution < -0.4 is 5.32 Å². The number of fused-ring (bicyclic) bond motifs is 1. The standard InChI is InChI=1S/C7H7NO/c9-7-5-3-1-2-4(5)6(3)8-7/h1-6H,(H,8,9). The summed E-state index contributed by atoms with van der Waals surface area (Å²) in [6, 6.07) is 0.502. The van der Waals surface area contributed by atoms with Gasteiger partial charge in [0.15, 0.2) is 0 Å². The van der Waals surface area contributed by atoms with E-state index in [-0.39, 0.29) is 5.91 Å². The number of hydrogen-bond acceptors (Lipinski definition) is 1. The quantitative estimate of drug-likeness (QED) is 0.446. The molecule has 2 heteroatoms. The average molecular weight is 121 g/mol. The summed E-state index contributed by atoms with van der Waals surface area (Å²) < 4.78 is 0. The molecular formula is C7H7NO. The first kappa shape index (κ1) is 4.09. The van der Waals surface area contributed by atoms with Crippen molar-refractivity contribution in [2.24, 2.45) is 17.8 Å². The molecule has 4 bridgehead atoms. The third-order valence-corrected chi connectivity index (χ3v) is 2.83. The summed E-state index contributed by atoms with van der Waals surface area (Å²) in [6.07, 6.45) is 4.36. The van der Waals surface area contributed by atoms with Gasteiger partial charge in [0.1, 0.15) is 0 Å². The summed E-state index contributed by atoms with van der Waals surface area (Å²) in [5.74, 6) is 1.76. The molecule has 9 heavy (non-hydrogen) atoms. The van der Waals surface area contributed by atoms with E-state index in [1.807, 2.05) is 0 Å². The molecule has 0 radical (unpaired) electrons. The average Bonchev–Trinajstić information content (AvgIpc) is 2.34. The third kappa shape index (κ3) is 0.246. The van der Waals surface area contributed by atoms with Gasteiger partial charge in [0.05, 0.1) is 5.92 Å². The van der Waals surface area contributed by atoms with Crippen molar-refractivity contribution in [2.45, 2.75) is 6.04 Å². The topological polar surface area (TPSA) is 29.1 Å². The van der Waals surface area contributed by atoms with Crippen molar-refractivity contribution in [3.63, 3.8) is 0 Å². The number of carbonyl (C=O) groups is 1. The zero-order valence-electron chi connectivity index (χ0n) is 4.87. The Morgan fingerprint density at radius 1 is 1.33 bits per heavy atom. The smallest absolute Gasteiger partial charge is 0.224 e. The SMILES string of the molecule is O=C1NC2C3C=CC2C13. The molecule has 1 amide bonds. The van der Waals surface area contributed by atoms with E-state index in [9.17, 15) is 4.79 Å². The van der Waals surface area contributed by atoms with Gasteiger partial charge in [-0.25, -0.2) is 0 Å². The molecule has 2 aliphatic heterocycles. The van der Waals surface area contributed by atoms with Crippen LogP contribution >= 0.6 is 0 Å². The van der Waals surface area contributed by atoms with Gasteiger partial charge in [0.2, 0.25) is 5.91 Å². The number of hydrogen-bond donors (Lipinski definition) is 1. The first-order valence-electron chi connectivity index (χ1n) is 3.36. The molecule has 2 heterocycles. The minimum atomic E-state index is 0.278. The van der Waals surface area contributed by atoms with Crippen LogP contribution in [0.5, 0.6) is 0 Å². The molecule has 3 aliphatic carbocycles. The maximum absolute atomic E-state index is 10.9. The van der Waals surface area contributed by atoms with Crippen LogP contribution in [-0.4, -0.2) is 11.9 Å². The minimum absolute atomic E-state index is 0.278. The lowest BCUT2D eigenvalue weighted by Gasteiger charge is -2.30. The van der Waals surface area contributed by atoms with Crippen LogP contribution in [0.1, 0.15) is 0 Å². The first-order valence-corrected chi connectivity index (χ1v) is 3.36. The molecule has 5 aliphatic rings. The van der Waals surface area contributed by atoms with Gasteiger partial charge in [-0.3, -0.25) is 4.79 Å². The number of amides is 1. The molecule has 3 fully saturated rings. The van der Waals surface area contributed by atoms with E-state index in [1.54, 1.807) is 0 Å². The molecule has 1 N–H and O–H groups in total. The van der Waals surface area contributed by atoms with Crippen LogP contribution in [0.2, 0.25) is 0 Å². The normalized spacial score (nSPS) is 57.6. The van der Waals surface area contributed by atoms with Crippen molar-refractivity contribution >= 4 is 5.91 Å². The fourth-order valence-corrected chi connectivity index (χ4v) is 2.35. The maximum atomic E-state index is 10.9. The Morgan fingerprint density at radius 2 is 2.00 bits per heavy atom. The zero-order valence-corrected chi connectivity index (χ0v) is 4.87. The van der Waals surface area contributed by atoms with Gasteiger partial charge in [-0.15, -0.1) is 0 Å². The number of carbonyl (C=O) groups excluding carboxylic acids is 1. The van der Waals surface area contributed by atoms with E-state index in [2.05, 4.69) is 17.5 Å². The third-order valence-electron chi connectivity index (χ3n) is 2.83. The van der Waals surface area contributed by atoms with Crippen molar-refractivity contribution < 1.29 is 4.79 Å². The van der Waals surface area contributed by atoms with E-state index in [0.29, 0.717) is 23.8 Å². The maximum Gasteiger partial charge on any atom is 0.224 e. The molecule has 0 aromatic carbocycles. The van der Waals surface area contributed by atoms with Gasteiger partial charge in [-0.05, 0) is 0 Å². The Kier molecular flexibility index (Phi) is 0.427. The van der Waals surface area contributed by atoms with Crippen LogP contribution in [0.4, 0.5) is 0 Å². The summed E-state index contributed by atoms with van der Waals surface area (Å²) in [6.45, 7) is 0. The van der Waals surface area contributed by atoms with Gasteiger partial charge in [0, 0.05) is 17.9 Å². The molecule has 46 valence electrons. The van der Waals surface area contributed by atoms with Crippen LogP contribution in [0, 0.1) is 17.8 Å². The lowest BCUT2D eigenvalue weighted by molar-refractivity contribution is -0.122. The fraction of sp³-hybridized carbons (Fsp3) is 0.571. The summed E-state index contributed by atoms with van der Waals surface area (Å²) in [5.41, 5.74) is 0. The predicted molar refractivity (Wildman–Crippen MR) is 31.5 cm³/mol. The van der Waals surface area contributed by atoms with Crippen LogP contribution in [0.15, 0.2) is 12.2 Å². The molecule has 2 unspecified atom stereocenters. The monoisotopic (exact) mass is 121 g/mol. The molecule has 2 nitrogen and oxygen atoms in total. The van der Waals surface area contributed by atoms with Crippen molar-refractivity contribution in [1.29, 1.82) is 0 Å². The summed E-state index contributed by atoms with van der Waals surface area (Å²) in [5, 5.41) is 2.95. The Balaban J connectivity index is 2.14. The van der Waals surface area contributed by atoms with E-state index < -0.39 is 0 Å². The van der Waals surface area contributed by atoms with E-state index in [4.69, 9.17) is 0 Å². The highest BCUT2D eigenvalue weighted by Crippen LogP contribution is 2.52. The van der Waals surface area contributed by atoms with E-state index in [1.165, 1.54) is 0 Å². The zero-order chi connectivity index (χ0) is 6.01. The van der Waals surface area contributed by atoms with Crippen molar-refractivity contribution in [2.75, 3.05) is 0 Å². The lowest BCUT2D eigenvalue weighted by atomic mass is 9.71. The highest BCUT2D eigenvalue weighted by Gasteiger charge is 2.61. The van der Waals surface area contributed by atoms with Crippen molar-refractivity contribution in [1.82, 2.24) is 5.32 Å². The molecule has 1 saturated carbocycles. The second-order valence-electron chi connectivity index (χ2n) is 3.10. The fourth-order valence-electron chi connectivity index (χ4n) is 2.35. The summed E-state index contributed by atoms with van der Waals surface area (Å²) in [7, 11) is 0. The van der Waals surface area contributed by atoms with Gasteiger partial charge in [0.25, 0.3) is 0 Å². The Labute approximate surface area is 52.9 Å². The van der Waals surface area contributed by atoms with Crippen molar-refractivity contribution in [3.8, 4) is 0 Å². The van der Waals surface area contributed by atoms with Crippen LogP contribution in [-0.2, 0) is 4.79 Å². The van der Waals surface area contributed by atoms with Gasteiger partial charge < -0.3 is 5.32 Å². The molecule has 2 saturated heterocycles. The van der Waals surface area contributed by atoms with Crippen LogP contribution in [0.3, 0.4) is 0 Å². The molecule has 5 rings (SSSR count). The summed E-state index contributed by atoms with van der Waals surface area (Å²) in [4.78, 5) is 10.9. The highest BCUT2D eigenvalue weighted by atomic mass is 16.2. The predicted octanol–water partition coefficient (Wildman–Crippen LogP) is -0.0832. The lowest BCUT2D eigenvalue weighted by Crippen LogP contribution is -2.40. The van der Waals surface area contributed by atoms with E-state index in [0.717, 1.165) is 0 Å². The Bertz CT molecular complexity index is 207. The highest BCUT2D eigenvalue weighted by molar-refractivity contribution is 5.87.